The molecule has 114 valence electrons. The van der Waals surface area contributed by atoms with E-state index in [1.54, 1.807) is 29.2 Å². The maximum Gasteiger partial charge on any atom is 0.246 e. The first-order valence-corrected chi connectivity index (χ1v) is 8.82. The van der Waals surface area contributed by atoms with Crippen molar-refractivity contribution < 1.29 is 8.42 Å². The molecule has 5 nitrogen and oxygen atoms in total. The van der Waals surface area contributed by atoms with Gasteiger partial charge in [-0.05, 0) is 33.6 Å². The summed E-state index contributed by atoms with van der Waals surface area (Å²) in [4.78, 5) is 0.347. The van der Waals surface area contributed by atoms with Gasteiger partial charge in [0.25, 0.3) is 0 Å². The molecular weight excluding hydrogens is 274 g/mol. The zero-order valence-electron chi connectivity index (χ0n) is 12.8. The van der Waals surface area contributed by atoms with Crippen LogP contribution in [0.2, 0.25) is 0 Å². The van der Waals surface area contributed by atoms with Crippen LogP contribution >= 0.6 is 0 Å². The third-order valence-corrected chi connectivity index (χ3v) is 6.20. The lowest BCUT2D eigenvalue weighted by Crippen LogP contribution is -2.45. The molecule has 1 saturated carbocycles. The first-order valence-electron chi connectivity index (χ1n) is 7.38. The van der Waals surface area contributed by atoms with E-state index >= 15 is 0 Å². The fourth-order valence-electron chi connectivity index (χ4n) is 3.18. The van der Waals surface area contributed by atoms with Gasteiger partial charge >= 0.3 is 0 Å². The Morgan fingerprint density at radius 3 is 2.35 bits per heavy atom. The predicted octanol–water partition coefficient (Wildman–Crippen LogP) is 2.46. The fraction of sp³-hybridized carbons (Fsp3) is 0.786. The second-order valence-electron chi connectivity index (χ2n) is 5.97. The van der Waals surface area contributed by atoms with Crippen molar-refractivity contribution in [3.63, 3.8) is 0 Å². The Balaban J connectivity index is 2.39. The zero-order chi connectivity index (χ0) is 14.9. The molecule has 0 spiro atoms. The predicted molar refractivity (Wildman–Crippen MR) is 79.0 cm³/mol. The van der Waals surface area contributed by atoms with Crippen molar-refractivity contribution in [1.82, 2.24) is 14.1 Å². The first-order chi connectivity index (χ1) is 9.34. The molecule has 0 N–H and O–H groups in total. The van der Waals surface area contributed by atoms with Crippen LogP contribution in [0.4, 0.5) is 0 Å². The Hall–Kier alpha value is -0.880. The normalized spacial score (nSPS) is 18.1. The lowest BCUT2D eigenvalue weighted by Gasteiger charge is -2.36. The fourth-order valence-corrected chi connectivity index (χ4v) is 5.26. The molecule has 6 heteroatoms. The van der Waals surface area contributed by atoms with Gasteiger partial charge in [-0.15, -0.1) is 0 Å². The van der Waals surface area contributed by atoms with E-state index in [0.717, 1.165) is 25.7 Å². The summed E-state index contributed by atoms with van der Waals surface area (Å²) in [6.45, 7) is 5.67. The molecule has 1 aromatic rings. The van der Waals surface area contributed by atoms with Crippen LogP contribution in [0.1, 0.15) is 51.6 Å². The molecule has 0 radical (unpaired) electrons. The standard InChI is InChI=1S/C14H25N3O2S/c1-11(2)17(13-8-6-5-7-9-13)20(18,19)14-10-16(4)15-12(14)3/h10-11,13H,5-9H2,1-4H3. The van der Waals surface area contributed by atoms with Crippen LogP contribution in [-0.4, -0.2) is 34.6 Å². The van der Waals surface area contributed by atoms with Crippen LogP contribution in [0, 0.1) is 6.92 Å². The smallest absolute Gasteiger partial charge is 0.246 e. The summed E-state index contributed by atoms with van der Waals surface area (Å²) in [7, 11) is -1.70. The van der Waals surface area contributed by atoms with E-state index in [4.69, 9.17) is 0 Å². The molecule has 1 fully saturated rings. The van der Waals surface area contributed by atoms with Gasteiger partial charge in [-0.1, -0.05) is 19.3 Å². The van der Waals surface area contributed by atoms with E-state index in [1.165, 1.54) is 6.42 Å². The van der Waals surface area contributed by atoms with Gasteiger partial charge in [-0.3, -0.25) is 4.68 Å². The first kappa shape index (κ1) is 15.5. The van der Waals surface area contributed by atoms with Crippen molar-refractivity contribution in [1.29, 1.82) is 0 Å². The van der Waals surface area contributed by atoms with Gasteiger partial charge in [0, 0.05) is 25.3 Å². The second kappa shape index (κ2) is 5.85. The molecule has 1 aliphatic carbocycles. The lowest BCUT2D eigenvalue weighted by atomic mass is 9.95. The molecule has 0 atom stereocenters. The highest BCUT2D eigenvalue weighted by Gasteiger charge is 2.36. The van der Waals surface area contributed by atoms with Crippen molar-refractivity contribution in [2.24, 2.45) is 7.05 Å². The number of aryl methyl sites for hydroxylation is 2. The zero-order valence-corrected chi connectivity index (χ0v) is 13.7. The summed E-state index contributed by atoms with van der Waals surface area (Å²) in [5, 5.41) is 4.18. The Kier molecular flexibility index (Phi) is 4.54. The SMILES string of the molecule is Cc1nn(C)cc1S(=O)(=O)N(C(C)C)C1CCCCC1. The van der Waals surface area contributed by atoms with Gasteiger partial charge in [0.2, 0.25) is 10.0 Å². The number of aromatic nitrogens is 2. The Labute approximate surface area is 122 Å². The molecule has 0 unspecified atom stereocenters. The van der Waals surface area contributed by atoms with Gasteiger partial charge < -0.3 is 0 Å². The van der Waals surface area contributed by atoms with E-state index in [0.29, 0.717) is 10.6 Å². The van der Waals surface area contributed by atoms with Crippen molar-refractivity contribution in [2.75, 3.05) is 0 Å². The molecule has 1 aliphatic rings. The summed E-state index contributed by atoms with van der Waals surface area (Å²) in [6, 6.07) is 0.107. The Morgan fingerprint density at radius 2 is 1.90 bits per heavy atom. The number of hydrogen-bond acceptors (Lipinski definition) is 3. The van der Waals surface area contributed by atoms with E-state index < -0.39 is 10.0 Å². The average molecular weight is 299 g/mol. The van der Waals surface area contributed by atoms with Crippen molar-refractivity contribution in [2.45, 2.75) is 69.9 Å². The molecule has 20 heavy (non-hydrogen) atoms. The van der Waals surface area contributed by atoms with E-state index in [2.05, 4.69) is 5.10 Å². The summed E-state index contributed by atoms with van der Waals surface area (Å²) in [5.41, 5.74) is 0.578. The highest BCUT2D eigenvalue weighted by molar-refractivity contribution is 7.89. The van der Waals surface area contributed by atoms with Gasteiger partial charge in [0.15, 0.2) is 0 Å². The van der Waals surface area contributed by atoms with Gasteiger partial charge in [0.05, 0.1) is 5.69 Å². The number of nitrogens with zero attached hydrogens (tertiary/aromatic N) is 3. The quantitative estimate of drug-likeness (QED) is 0.858. The van der Waals surface area contributed by atoms with Gasteiger partial charge in [0.1, 0.15) is 4.90 Å². The number of rotatable bonds is 4. The number of sulfonamides is 1. The average Bonchev–Trinajstić information content (AvgIpc) is 2.70. The highest BCUT2D eigenvalue weighted by atomic mass is 32.2. The largest absolute Gasteiger partial charge is 0.274 e. The maximum atomic E-state index is 13.0. The second-order valence-corrected chi connectivity index (χ2v) is 7.78. The van der Waals surface area contributed by atoms with Crippen LogP contribution in [-0.2, 0) is 17.1 Å². The minimum absolute atomic E-state index is 0.0253. The van der Waals surface area contributed by atoms with Gasteiger partial charge in [-0.2, -0.15) is 9.40 Å². The molecule has 1 aromatic heterocycles. The molecule has 0 bridgehead atoms. The van der Waals surface area contributed by atoms with E-state index in [9.17, 15) is 8.42 Å². The third kappa shape index (κ3) is 2.91. The van der Waals surface area contributed by atoms with Crippen molar-refractivity contribution in [3.05, 3.63) is 11.9 Å². The highest BCUT2D eigenvalue weighted by Crippen LogP contribution is 2.30. The molecule has 0 aliphatic heterocycles. The maximum absolute atomic E-state index is 13.0. The van der Waals surface area contributed by atoms with Crippen LogP contribution < -0.4 is 0 Å². The summed E-state index contributed by atoms with van der Waals surface area (Å²) >= 11 is 0. The molecule has 2 rings (SSSR count). The Morgan fingerprint density at radius 1 is 1.30 bits per heavy atom. The third-order valence-electron chi connectivity index (χ3n) is 3.97. The summed E-state index contributed by atoms with van der Waals surface area (Å²) in [5.74, 6) is 0. The molecular formula is C14H25N3O2S. The molecule has 0 aromatic carbocycles. The summed E-state index contributed by atoms with van der Waals surface area (Å²) in [6.07, 6.45) is 7.01. The van der Waals surface area contributed by atoms with Gasteiger partial charge in [-0.25, -0.2) is 8.42 Å². The minimum atomic E-state index is -3.46. The van der Waals surface area contributed by atoms with Crippen molar-refractivity contribution in [3.8, 4) is 0 Å². The van der Waals surface area contributed by atoms with Crippen LogP contribution in [0.15, 0.2) is 11.1 Å². The lowest BCUT2D eigenvalue weighted by molar-refractivity contribution is 0.220. The number of hydrogen-bond donors (Lipinski definition) is 0. The molecule has 0 saturated heterocycles. The van der Waals surface area contributed by atoms with Crippen LogP contribution in [0.5, 0.6) is 0 Å². The van der Waals surface area contributed by atoms with Crippen LogP contribution in [0.25, 0.3) is 0 Å². The monoisotopic (exact) mass is 299 g/mol. The van der Waals surface area contributed by atoms with E-state index in [1.807, 2.05) is 13.8 Å². The van der Waals surface area contributed by atoms with Crippen LogP contribution in [0.3, 0.4) is 0 Å². The molecule has 1 heterocycles. The summed E-state index contributed by atoms with van der Waals surface area (Å²) < 4.78 is 29.2. The topological polar surface area (TPSA) is 55.2 Å². The minimum Gasteiger partial charge on any atom is -0.274 e. The van der Waals surface area contributed by atoms with Crippen molar-refractivity contribution >= 4 is 10.0 Å². The Bertz CT molecular complexity index is 557. The molecule has 0 amide bonds. The van der Waals surface area contributed by atoms with E-state index in [-0.39, 0.29) is 12.1 Å².